The van der Waals surface area contributed by atoms with Gasteiger partial charge in [-0.1, -0.05) is 6.58 Å². The molecule has 1 rings (SSSR count). The van der Waals surface area contributed by atoms with Crippen molar-refractivity contribution in [3.8, 4) is 0 Å². The van der Waals surface area contributed by atoms with Crippen LogP contribution >= 0.6 is 0 Å². The average Bonchev–Trinajstić information content (AvgIpc) is 1.87. The van der Waals surface area contributed by atoms with Gasteiger partial charge in [-0.05, 0) is 0 Å². The lowest BCUT2D eigenvalue weighted by Crippen LogP contribution is -1.68. The monoisotopic (exact) mass is 95.0 g/mol. The fourth-order valence-electron chi connectivity index (χ4n) is 0.503. The van der Waals surface area contributed by atoms with Gasteiger partial charge in [0.2, 0.25) is 0 Å². The zero-order valence-electron chi connectivity index (χ0n) is 4.11. The highest BCUT2D eigenvalue weighted by Gasteiger charge is 2.14. The molecule has 0 amide bonds. The topological polar surface area (TPSA) is 11.3 Å². The molecule has 0 aromatic carbocycles. The lowest BCUT2D eigenvalue weighted by atomic mass is 10.2. The van der Waals surface area contributed by atoms with Crippen LogP contribution in [0.4, 0.5) is 0 Å². The maximum Gasteiger partial charge on any atom is 0.326 e. The zero-order valence-corrected chi connectivity index (χ0v) is 4.11. The molecule has 0 aliphatic carbocycles. The van der Waals surface area contributed by atoms with E-state index in [-0.39, 0.29) is 0 Å². The molecule has 1 aliphatic rings. The molecule has 0 radical (unpaired) electrons. The summed E-state index contributed by atoms with van der Waals surface area (Å²) in [4.78, 5) is 0. The maximum absolute atomic E-state index is 4.85. The van der Waals surface area contributed by atoms with Crippen molar-refractivity contribution >= 4 is 6.29 Å². The Morgan fingerprint density at radius 3 is 2.43 bits per heavy atom. The standard InChI is InChI=1S/C6H7O/c1-5-3-6(2)7-4-5/h4H,1-3H2/q+1. The second-order valence-corrected chi connectivity index (χ2v) is 1.61. The summed E-state index contributed by atoms with van der Waals surface area (Å²) in [6, 6.07) is 0. The minimum atomic E-state index is 0.796. The Balaban J connectivity index is 2.76. The third-order valence-corrected chi connectivity index (χ3v) is 0.816. The van der Waals surface area contributed by atoms with E-state index in [2.05, 4.69) is 13.2 Å². The number of hydrogen-bond acceptors (Lipinski definition) is 0. The van der Waals surface area contributed by atoms with Crippen molar-refractivity contribution in [3.05, 3.63) is 24.5 Å². The Morgan fingerprint density at radius 2 is 2.29 bits per heavy atom. The van der Waals surface area contributed by atoms with Gasteiger partial charge in [0, 0.05) is 6.58 Å². The van der Waals surface area contributed by atoms with Gasteiger partial charge in [0.1, 0.15) is 0 Å². The van der Waals surface area contributed by atoms with Crippen LogP contribution in [0.1, 0.15) is 6.42 Å². The first-order valence-corrected chi connectivity index (χ1v) is 2.14. The van der Waals surface area contributed by atoms with E-state index < -0.39 is 0 Å². The minimum absolute atomic E-state index is 0.796. The van der Waals surface area contributed by atoms with Gasteiger partial charge in [-0.25, -0.2) is 4.42 Å². The molecule has 0 aromatic heterocycles. The number of hydrogen-bond donors (Lipinski definition) is 0. The number of aldehydes is 1. The molecule has 0 atom stereocenters. The minimum Gasteiger partial charge on any atom is -0.221 e. The van der Waals surface area contributed by atoms with Crippen molar-refractivity contribution in [3.63, 3.8) is 0 Å². The molecule has 0 saturated carbocycles. The quantitative estimate of drug-likeness (QED) is 0.243. The van der Waals surface area contributed by atoms with Gasteiger partial charge in [0.25, 0.3) is 0 Å². The third kappa shape index (κ3) is 0.769. The van der Waals surface area contributed by atoms with Crippen molar-refractivity contribution in [2.24, 2.45) is 0 Å². The Bertz CT molecular complexity index is 126. The lowest BCUT2D eigenvalue weighted by Gasteiger charge is -1.67. The molecule has 0 bridgehead atoms. The fourth-order valence-corrected chi connectivity index (χ4v) is 0.503. The van der Waals surface area contributed by atoms with Gasteiger partial charge in [-0.3, -0.25) is 0 Å². The smallest absolute Gasteiger partial charge is 0.221 e. The Morgan fingerprint density at radius 1 is 1.57 bits per heavy atom. The normalized spacial score (nSPS) is 18.9. The van der Waals surface area contributed by atoms with E-state index >= 15 is 0 Å². The lowest BCUT2D eigenvalue weighted by molar-refractivity contribution is -0.385. The molecule has 0 saturated heterocycles. The van der Waals surface area contributed by atoms with E-state index in [0.29, 0.717) is 0 Å². The Labute approximate surface area is 42.7 Å². The molecule has 0 aromatic rings. The summed E-state index contributed by atoms with van der Waals surface area (Å²) in [5.41, 5.74) is 1.00. The maximum atomic E-state index is 4.85. The largest absolute Gasteiger partial charge is 0.326 e. The van der Waals surface area contributed by atoms with Crippen LogP contribution in [-0.2, 0) is 4.42 Å². The summed E-state index contributed by atoms with van der Waals surface area (Å²) < 4.78 is 4.85. The molecule has 1 heteroatoms. The van der Waals surface area contributed by atoms with Crippen LogP contribution in [0, 0.1) is 0 Å². The highest BCUT2D eigenvalue weighted by Crippen LogP contribution is 2.08. The summed E-state index contributed by atoms with van der Waals surface area (Å²) in [6.07, 6.45) is 2.43. The highest BCUT2D eigenvalue weighted by molar-refractivity contribution is 5.75. The summed E-state index contributed by atoms with van der Waals surface area (Å²) in [6.45, 7) is 7.25. The number of carbonyl (C=O) groups excluding carboxylic acids is 1. The molecule has 1 aliphatic heterocycles. The Hall–Kier alpha value is -0.850. The van der Waals surface area contributed by atoms with Crippen LogP contribution in [0.2, 0.25) is 0 Å². The van der Waals surface area contributed by atoms with E-state index in [1.807, 2.05) is 0 Å². The van der Waals surface area contributed by atoms with E-state index in [9.17, 15) is 0 Å². The third-order valence-electron chi connectivity index (χ3n) is 0.816. The molecule has 1 heterocycles. The van der Waals surface area contributed by atoms with Gasteiger partial charge >= 0.3 is 12.0 Å². The summed E-state index contributed by atoms with van der Waals surface area (Å²) in [5, 5.41) is 0. The molecule has 0 N–H and O–H groups in total. The molecular formula is C6H7O+. The predicted molar refractivity (Wildman–Crippen MR) is 29.0 cm³/mol. The van der Waals surface area contributed by atoms with Crippen molar-refractivity contribution in [1.29, 1.82) is 0 Å². The number of allylic oxidation sites excluding steroid dienone is 1. The molecule has 7 heavy (non-hydrogen) atoms. The van der Waals surface area contributed by atoms with Crippen LogP contribution in [-0.4, -0.2) is 6.29 Å². The van der Waals surface area contributed by atoms with Crippen LogP contribution in [0.25, 0.3) is 0 Å². The first-order chi connectivity index (χ1) is 3.29. The van der Waals surface area contributed by atoms with Gasteiger partial charge in [0.05, 0.1) is 12.0 Å². The molecule has 36 valence electrons. The molecule has 1 nitrogen and oxygen atoms in total. The average molecular weight is 95.1 g/mol. The first kappa shape index (κ1) is 4.31. The summed E-state index contributed by atoms with van der Waals surface area (Å²) >= 11 is 0. The van der Waals surface area contributed by atoms with Crippen molar-refractivity contribution in [1.82, 2.24) is 0 Å². The van der Waals surface area contributed by atoms with E-state index in [1.54, 1.807) is 6.29 Å². The highest BCUT2D eigenvalue weighted by atomic mass is 16.4. The predicted octanol–water partition coefficient (Wildman–Crippen LogP) is 1.19. The SMILES string of the molecule is C=C1C=[O+]C(=C)C1. The van der Waals surface area contributed by atoms with E-state index in [4.69, 9.17) is 4.42 Å². The van der Waals surface area contributed by atoms with Crippen LogP contribution in [0.15, 0.2) is 24.5 Å². The fraction of sp³-hybridized carbons (Fsp3) is 0.167. The molecule has 0 fully saturated rings. The van der Waals surface area contributed by atoms with Gasteiger partial charge < -0.3 is 0 Å². The van der Waals surface area contributed by atoms with Crippen molar-refractivity contribution in [2.75, 3.05) is 0 Å². The molecule has 0 unspecified atom stereocenters. The van der Waals surface area contributed by atoms with Crippen LogP contribution < -0.4 is 0 Å². The van der Waals surface area contributed by atoms with Crippen molar-refractivity contribution in [2.45, 2.75) is 6.42 Å². The summed E-state index contributed by atoms with van der Waals surface area (Å²) in [5.74, 6) is 0.796. The summed E-state index contributed by atoms with van der Waals surface area (Å²) in [7, 11) is 0. The second-order valence-electron chi connectivity index (χ2n) is 1.61. The first-order valence-electron chi connectivity index (χ1n) is 2.14. The van der Waals surface area contributed by atoms with Gasteiger partial charge in [-0.2, -0.15) is 0 Å². The zero-order chi connectivity index (χ0) is 5.28. The van der Waals surface area contributed by atoms with Gasteiger partial charge in [-0.15, -0.1) is 0 Å². The van der Waals surface area contributed by atoms with E-state index in [1.165, 1.54) is 0 Å². The second kappa shape index (κ2) is 1.34. The molecule has 0 spiro atoms. The van der Waals surface area contributed by atoms with Gasteiger partial charge in [0.15, 0.2) is 0 Å². The van der Waals surface area contributed by atoms with Crippen LogP contribution in [0.3, 0.4) is 0 Å². The van der Waals surface area contributed by atoms with Crippen molar-refractivity contribution < 1.29 is 4.42 Å². The Kier molecular flexibility index (Phi) is 0.823. The van der Waals surface area contributed by atoms with Crippen LogP contribution in [0.5, 0.6) is 0 Å². The van der Waals surface area contributed by atoms with E-state index in [0.717, 1.165) is 17.8 Å². The molecular weight excluding hydrogens is 88.1 g/mol. The number of rotatable bonds is 0.